The highest BCUT2D eigenvalue weighted by Gasteiger charge is 2.17. The molecule has 0 atom stereocenters. The molecule has 1 aromatic carbocycles. The Morgan fingerprint density at radius 2 is 1.88 bits per heavy atom. The normalized spacial score (nSPS) is 9.35. The summed E-state index contributed by atoms with van der Waals surface area (Å²) in [5.41, 5.74) is 14.8. The third kappa shape index (κ3) is 2.87. The van der Waals surface area contributed by atoms with Crippen molar-refractivity contribution in [3.05, 3.63) is 40.2 Å². The van der Waals surface area contributed by atoms with Crippen LogP contribution in [0.4, 0.5) is 5.13 Å². The van der Waals surface area contributed by atoms with Gasteiger partial charge in [-0.05, 0) is 30.4 Å². The van der Waals surface area contributed by atoms with Crippen molar-refractivity contribution in [2.75, 3.05) is 19.0 Å². The van der Waals surface area contributed by atoms with Gasteiger partial charge in [-0.25, -0.2) is 4.57 Å². The maximum Gasteiger partial charge on any atom is 0.336 e. The number of anilines is 1. The topological polar surface area (TPSA) is 65.8 Å². The van der Waals surface area contributed by atoms with E-state index in [1.165, 1.54) is 20.3 Å². The van der Waals surface area contributed by atoms with Crippen LogP contribution in [0, 0.1) is 0 Å². The van der Waals surface area contributed by atoms with Gasteiger partial charge in [-0.3, -0.25) is 9.81 Å². The zero-order valence-electron chi connectivity index (χ0n) is 10.2. The zero-order chi connectivity index (χ0) is 12.8. The molecule has 6 heteroatoms. The molecule has 0 saturated heterocycles. The minimum absolute atomic E-state index is 1.03. The number of aryl methyl sites for hydroxylation is 1. The van der Waals surface area contributed by atoms with E-state index in [-0.39, 0.29) is 0 Å². The largest absolute Gasteiger partial charge is 0.373 e. The molecule has 5 nitrogen and oxygen atoms in total. The van der Waals surface area contributed by atoms with Crippen LogP contribution >= 0.6 is 11.3 Å². The van der Waals surface area contributed by atoms with E-state index in [0.29, 0.717) is 0 Å². The standard InChI is InChI=1S/C11H15N2S.N3/c1-4-13-9-7-5-6-8-10(9)14-11(13)12(2)3;1-3-2/h5-8H,4H2,1-3H3;/q+1;-1. The molecule has 0 bridgehead atoms. The van der Waals surface area contributed by atoms with Crippen LogP contribution in [0.5, 0.6) is 0 Å². The summed E-state index contributed by atoms with van der Waals surface area (Å²) in [6.45, 7) is 3.21. The zero-order valence-corrected chi connectivity index (χ0v) is 11.0. The molecular weight excluding hydrogens is 234 g/mol. The summed E-state index contributed by atoms with van der Waals surface area (Å²) >= 11 is 1.85. The Balaban J connectivity index is 0.000000437. The van der Waals surface area contributed by atoms with E-state index in [4.69, 9.17) is 11.1 Å². The van der Waals surface area contributed by atoms with E-state index in [1.54, 1.807) is 0 Å². The summed E-state index contributed by atoms with van der Waals surface area (Å²) in [6, 6.07) is 8.56. The molecule has 0 unspecified atom stereocenters. The molecule has 2 aromatic rings. The van der Waals surface area contributed by atoms with Gasteiger partial charge >= 0.3 is 5.13 Å². The van der Waals surface area contributed by atoms with Gasteiger partial charge in [-0.15, -0.1) is 0 Å². The first-order valence-electron chi connectivity index (χ1n) is 5.22. The third-order valence-corrected chi connectivity index (χ3v) is 3.62. The molecule has 0 N–H and O–H groups in total. The second kappa shape index (κ2) is 6.08. The highest BCUT2D eigenvalue weighted by atomic mass is 32.1. The number of hydrogen-bond acceptors (Lipinski definition) is 2. The molecule has 90 valence electrons. The number of rotatable bonds is 2. The summed E-state index contributed by atoms with van der Waals surface area (Å²) in [7, 11) is 4.19. The van der Waals surface area contributed by atoms with Crippen LogP contribution in [0.25, 0.3) is 26.2 Å². The van der Waals surface area contributed by atoms with Crippen molar-refractivity contribution in [2.45, 2.75) is 13.5 Å². The highest BCUT2D eigenvalue weighted by Crippen LogP contribution is 2.25. The third-order valence-electron chi connectivity index (χ3n) is 2.29. The van der Waals surface area contributed by atoms with Crippen molar-refractivity contribution in [3.63, 3.8) is 0 Å². The number of benzene rings is 1. The van der Waals surface area contributed by atoms with Crippen LogP contribution in [-0.2, 0) is 6.54 Å². The molecular formula is C11H15N5S. The van der Waals surface area contributed by atoms with Crippen LogP contribution < -0.4 is 9.47 Å². The lowest BCUT2D eigenvalue weighted by atomic mass is 10.3. The molecule has 0 aliphatic heterocycles. The molecule has 0 amide bonds. The van der Waals surface area contributed by atoms with Crippen LogP contribution in [0.15, 0.2) is 24.3 Å². The number of fused-ring (bicyclic) bond motifs is 1. The average molecular weight is 249 g/mol. The molecule has 17 heavy (non-hydrogen) atoms. The summed E-state index contributed by atoms with van der Waals surface area (Å²) in [4.78, 5) is 3.67. The molecule has 1 heterocycles. The summed E-state index contributed by atoms with van der Waals surface area (Å²) in [5, 5.41) is 1.31. The van der Waals surface area contributed by atoms with Crippen LogP contribution in [-0.4, -0.2) is 14.1 Å². The monoisotopic (exact) mass is 249 g/mol. The summed E-state index contributed by atoms with van der Waals surface area (Å²) in [5.74, 6) is 0. The Morgan fingerprint density at radius 1 is 1.29 bits per heavy atom. The number of aromatic nitrogens is 1. The SMILES string of the molecule is CC[n+]1c(N(C)C)sc2ccccc21.[N-]=[N+]=[N-]. The van der Waals surface area contributed by atoms with Gasteiger partial charge in [-0.2, -0.15) is 0 Å². The molecule has 2 rings (SSSR count). The fourth-order valence-corrected chi connectivity index (χ4v) is 2.81. The van der Waals surface area contributed by atoms with Crippen molar-refractivity contribution >= 4 is 26.7 Å². The predicted molar refractivity (Wildman–Crippen MR) is 72.1 cm³/mol. The van der Waals surface area contributed by atoms with Gasteiger partial charge in [0.25, 0.3) is 0 Å². The lowest BCUT2D eigenvalue weighted by molar-refractivity contribution is -0.651. The van der Waals surface area contributed by atoms with Crippen molar-refractivity contribution in [1.82, 2.24) is 0 Å². The van der Waals surface area contributed by atoms with E-state index >= 15 is 0 Å². The number of thiazole rings is 1. The van der Waals surface area contributed by atoms with Gasteiger partial charge in [0.1, 0.15) is 5.52 Å². The van der Waals surface area contributed by atoms with Crippen molar-refractivity contribution in [3.8, 4) is 0 Å². The summed E-state index contributed by atoms with van der Waals surface area (Å²) in [6.07, 6.45) is 0. The fraction of sp³-hybridized carbons (Fsp3) is 0.364. The second-order valence-electron chi connectivity index (χ2n) is 3.58. The van der Waals surface area contributed by atoms with Gasteiger partial charge in [0.05, 0.1) is 25.3 Å². The molecule has 0 radical (unpaired) electrons. The van der Waals surface area contributed by atoms with Gasteiger partial charge < -0.3 is 11.1 Å². The first kappa shape index (κ1) is 13.3. The smallest absolute Gasteiger partial charge is 0.336 e. The minimum atomic E-state index is 1.03. The van der Waals surface area contributed by atoms with Crippen LogP contribution in [0.2, 0.25) is 0 Å². The number of hydrogen-bond donors (Lipinski definition) is 0. The lowest BCUT2D eigenvalue weighted by Crippen LogP contribution is -2.36. The van der Waals surface area contributed by atoms with E-state index in [2.05, 4.69) is 54.8 Å². The number of nitrogens with zero attached hydrogens (tertiary/aromatic N) is 5. The Hall–Kier alpha value is -1.78. The molecule has 0 aliphatic carbocycles. The Morgan fingerprint density at radius 3 is 2.41 bits per heavy atom. The molecule has 1 aromatic heterocycles. The van der Waals surface area contributed by atoms with E-state index in [9.17, 15) is 0 Å². The van der Waals surface area contributed by atoms with Gasteiger partial charge in [0, 0.05) is 0 Å². The predicted octanol–water partition coefficient (Wildman–Crippen LogP) is 3.14. The van der Waals surface area contributed by atoms with Crippen molar-refractivity contribution < 1.29 is 4.57 Å². The van der Waals surface area contributed by atoms with E-state index in [0.717, 1.165) is 6.54 Å². The lowest BCUT2D eigenvalue weighted by Gasteiger charge is -2.03. The van der Waals surface area contributed by atoms with E-state index in [1.807, 2.05) is 11.3 Å². The maximum atomic E-state index is 6.75. The van der Waals surface area contributed by atoms with E-state index < -0.39 is 0 Å². The first-order valence-corrected chi connectivity index (χ1v) is 6.04. The average Bonchev–Trinajstić information content (AvgIpc) is 2.68. The molecule has 0 fully saturated rings. The van der Waals surface area contributed by atoms with Gasteiger partial charge in [-0.1, -0.05) is 12.1 Å². The van der Waals surface area contributed by atoms with Crippen LogP contribution in [0.3, 0.4) is 0 Å². The minimum Gasteiger partial charge on any atom is -0.373 e. The van der Waals surface area contributed by atoms with Gasteiger partial charge in [0.2, 0.25) is 0 Å². The molecule has 0 spiro atoms. The summed E-state index contributed by atoms with van der Waals surface area (Å²) < 4.78 is 3.71. The Labute approximate surface area is 104 Å². The first-order chi connectivity index (χ1) is 8.15. The van der Waals surface area contributed by atoms with Crippen molar-refractivity contribution in [2.24, 2.45) is 0 Å². The molecule has 0 saturated carbocycles. The highest BCUT2D eigenvalue weighted by molar-refractivity contribution is 7.21. The molecule has 0 aliphatic rings. The van der Waals surface area contributed by atoms with Crippen molar-refractivity contribution in [1.29, 1.82) is 0 Å². The fourth-order valence-electron chi connectivity index (χ4n) is 1.66. The van der Waals surface area contributed by atoms with Crippen LogP contribution in [0.1, 0.15) is 6.92 Å². The Kier molecular flexibility index (Phi) is 4.75. The number of para-hydroxylation sites is 1. The Bertz CT molecular complexity index is 526. The quantitative estimate of drug-likeness (QED) is 0.349. The maximum absolute atomic E-state index is 6.75. The van der Waals surface area contributed by atoms with Gasteiger partial charge in [0.15, 0.2) is 0 Å². The second-order valence-corrected chi connectivity index (χ2v) is 4.59.